The van der Waals surface area contributed by atoms with Gasteiger partial charge in [-0.05, 0) is 28.5 Å². The van der Waals surface area contributed by atoms with Gasteiger partial charge in [0.1, 0.15) is 0 Å². The fraction of sp³-hybridized carbons (Fsp3) is 0.375. The van der Waals surface area contributed by atoms with E-state index < -0.39 is 0 Å². The molecule has 1 heterocycles. The molecule has 0 aromatic heterocycles. The zero-order valence-electron chi connectivity index (χ0n) is 16.1. The Morgan fingerprint density at radius 1 is 1.08 bits per heavy atom. The van der Waals surface area contributed by atoms with Crippen molar-refractivity contribution in [1.29, 1.82) is 0 Å². The average Bonchev–Trinajstić information content (AvgIpc) is 2.61. The van der Waals surface area contributed by atoms with Gasteiger partial charge in [0.2, 0.25) is 5.91 Å². The zero-order chi connectivity index (χ0) is 18.7. The van der Waals surface area contributed by atoms with Crippen molar-refractivity contribution in [3.05, 3.63) is 83.9 Å². The van der Waals surface area contributed by atoms with Gasteiger partial charge in [-0.25, -0.2) is 0 Å². The van der Waals surface area contributed by atoms with Crippen LogP contribution in [-0.2, 0) is 4.79 Å². The number of nitrogens with zero attached hydrogens (tertiary/aromatic N) is 1. The van der Waals surface area contributed by atoms with Gasteiger partial charge in [-0.15, -0.1) is 6.58 Å². The van der Waals surface area contributed by atoms with E-state index in [9.17, 15) is 4.79 Å². The van der Waals surface area contributed by atoms with Gasteiger partial charge in [0.05, 0.1) is 6.04 Å². The quantitative estimate of drug-likeness (QED) is 0.648. The fourth-order valence-electron chi connectivity index (χ4n) is 3.94. The molecule has 1 aliphatic heterocycles. The van der Waals surface area contributed by atoms with Crippen LogP contribution in [0.4, 0.5) is 0 Å². The largest absolute Gasteiger partial charge is 0.334 e. The molecule has 2 aromatic rings. The second-order valence-corrected chi connectivity index (χ2v) is 8.42. The topological polar surface area (TPSA) is 20.3 Å². The van der Waals surface area contributed by atoms with E-state index in [-0.39, 0.29) is 23.3 Å². The van der Waals surface area contributed by atoms with E-state index in [1.54, 1.807) is 0 Å². The Balaban J connectivity index is 2.05. The summed E-state index contributed by atoms with van der Waals surface area (Å²) >= 11 is 0. The number of carbonyl (C=O) groups excluding carboxylic acids is 1. The van der Waals surface area contributed by atoms with Crippen molar-refractivity contribution in [3.63, 3.8) is 0 Å². The van der Waals surface area contributed by atoms with Gasteiger partial charge in [-0.3, -0.25) is 4.79 Å². The second-order valence-electron chi connectivity index (χ2n) is 8.42. The summed E-state index contributed by atoms with van der Waals surface area (Å²) in [6.07, 6.45) is 3.28. The van der Waals surface area contributed by atoms with Crippen molar-refractivity contribution >= 4 is 5.91 Å². The first kappa shape index (κ1) is 18.4. The number of amides is 1. The average molecular weight is 348 g/mol. The minimum absolute atomic E-state index is 0.0188. The lowest BCUT2D eigenvalue weighted by Crippen LogP contribution is -2.43. The van der Waals surface area contributed by atoms with Crippen LogP contribution in [0.3, 0.4) is 0 Å². The third kappa shape index (κ3) is 3.90. The highest BCUT2D eigenvalue weighted by Gasteiger charge is 2.36. The maximum atomic E-state index is 13.2. The van der Waals surface area contributed by atoms with Crippen LogP contribution in [0.25, 0.3) is 0 Å². The normalized spacial score (nSPS) is 19.7. The summed E-state index contributed by atoms with van der Waals surface area (Å²) in [6.45, 7) is 11.0. The van der Waals surface area contributed by atoms with Crippen LogP contribution in [0.1, 0.15) is 62.3 Å². The molecular weight excluding hydrogens is 318 g/mol. The summed E-state index contributed by atoms with van der Waals surface area (Å²) < 4.78 is 0. The Labute approximate surface area is 157 Å². The molecule has 0 bridgehead atoms. The van der Waals surface area contributed by atoms with Gasteiger partial charge >= 0.3 is 0 Å². The SMILES string of the molecule is C=CC[C@@H]1c2ccccc2[C@@H](c2ccccc2)CN1C(=O)CC(C)(C)C. The maximum absolute atomic E-state index is 13.2. The molecule has 1 aliphatic rings. The van der Waals surface area contributed by atoms with Crippen LogP contribution < -0.4 is 0 Å². The number of carbonyl (C=O) groups is 1. The van der Waals surface area contributed by atoms with Gasteiger partial charge in [-0.1, -0.05) is 81.4 Å². The Morgan fingerprint density at radius 3 is 2.31 bits per heavy atom. The number of fused-ring (bicyclic) bond motifs is 1. The molecule has 0 radical (unpaired) electrons. The molecule has 26 heavy (non-hydrogen) atoms. The lowest BCUT2D eigenvalue weighted by molar-refractivity contribution is -0.136. The molecule has 0 saturated heterocycles. The molecule has 3 rings (SSSR count). The van der Waals surface area contributed by atoms with E-state index in [4.69, 9.17) is 0 Å². The molecule has 2 aromatic carbocycles. The van der Waals surface area contributed by atoms with Gasteiger partial charge in [0.25, 0.3) is 0 Å². The van der Waals surface area contributed by atoms with Crippen LogP contribution in [0, 0.1) is 5.41 Å². The molecule has 2 heteroatoms. The van der Waals surface area contributed by atoms with Crippen molar-refractivity contribution in [3.8, 4) is 0 Å². The molecule has 1 amide bonds. The number of hydrogen-bond donors (Lipinski definition) is 0. The summed E-state index contributed by atoms with van der Waals surface area (Å²) in [5.74, 6) is 0.456. The first-order valence-corrected chi connectivity index (χ1v) is 9.45. The molecule has 136 valence electrons. The Kier molecular flexibility index (Phi) is 5.31. The van der Waals surface area contributed by atoms with Crippen molar-refractivity contribution in [2.75, 3.05) is 6.54 Å². The van der Waals surface area contributed by atoms with Crippen LogP contribution >= 0.6 is 0 Å². The summed E-state index contributed by atoms with van der Waals surface area (Å²) in [4.78, 5) is 15.3. The summed E-state index contributed by atoms with van der Waals surface area (Å²) in [6, 6.07) is 19.2. The monoisotopic (exact) mass is 347 g/mol. The summed E-state index contributed by atoms with van der Waals surface area (Å²) in [5.41, 5.74) is 3.85. The Morgan fingerprint density at radius 2 is 1.69 bits per heavy atom. The fourth-order valence-corrected chi connectivity index (χ4v) is 3.94. The predicted octanol–water partition coefficient (Wildman–Crippen LogP) is 5.71. The van der Waals surface area contributed by atoms with Crippen molar-refractivity contribution in [2.24, 2.45) is 5.41 Å². The first-order valence-electron chi connectivity index (χ1n) is 9.45. The predicted molar refractivity (Wildman–Crippen MR) is 108 cm³/mol. The van der Waals surface area contributed by atoms with E-state index in [0.717, 1.165) is 13.0 Å². The van der Waals surface area contributed by atoms with Gasteiger partial charge in [0, 0.05) is 18.9 Å². The molecule has 0 fully saturated rings. The molecule has 0 N–H and O–H groups in total. The first-order chi connectivity index (χ1) is 12.4. The lowest BCUT2D eigenvalue weighted by atomic mass is 9.80. The number of benzene rings is 2. The van der Waals surface area contributed by atoms with Crippen molar-refractivity contribution in [1.82, 2.24) is 4.90 Å². The Bertz CT molecular complexity index is 772. The Hall–Kier alpha value is -2.35. The zero-order valence-corrected chi connectivity index (χ0v) is 16.1. The van der Waals surface area contributed by atoms with Gasteiger partial charge in [0.15, 0.2) is 0 Å². The van der Waals surface area contributed by atoms with Crippen LogP contribution in [0.5, 0.6) is 0 Å². The minimum atomic E-state index is -0.0188. The van der Waals surface area contributed by atoms with Gasteiger partial charge < -0.3 is 4.90 Å². The standard InChI is InChI=1S/C24H29NO/c1-5-11-22-20-15-10-9-14-19(20)21(18-12-7-6-8-13-18)17-25(22)23(26)16-24(2,3)4/h5-10,12-15,21-22H,1,11,16-17H2,2-4H3/t21-,22-/m1/s1. The molecule has 2 atom stereocenters. The van der Waals surface area contributed by atoms with Crippen LogP contribution in [-0.4, -0.2) is 17.4 Å². The molecule has 0 spiro atoms. The minimum Gasteiger partial charge on any atom is -0.334 e. The molecule has 0 unspecified atom stereocenters. The molecule has 0 aliphatic carbocycles. The highest BCUT2D eigenvalue weighted by molar-refractivity contribution is 5.78. The number of hydrogen-bond acceptors (Lipinski definition) is 1. The smallest absolute Gasteiger partial charge is 0.223 e. The highest BCUT2D eigenvalue weighted by atomic mass is 16.2. The second kappa shape index (κ2) is 7.49. The highest BCUT2D eigenvalue weighted by Crippen LogP contribution is 2.41. The van der Waals surface area contributed by atoms with Crippen LogP contribution in [0.2, 0.25) is 0 Å². The van der Waals surface area contributed by atoms with E-state index in [2.05, 4.69) is 80.8 Å². The van der Waals surface area contributed by atoms with Crippen molar-refractivity contribution < 1.29 is 4.79 Å². The molecule has 0 saturated carbocycles. The van der Waals surface area contributed by atoms with E-state index in [1.807, 2.05) is 12.1 Å². The number of rotatable bonds is 4. The van der Waals surface area contributed by atoms with Crippen molar-refractivity contribution in [2.45, 2.75) is 45.6 Å². The lowest BCUT2D eigenvalue weighted by Gasteiger charge is -2.42. The third-order valence-corrected chi connectivity index (χ3v) is 5.08. The van der Waals surface area contributed by atoms with E-state index >= 15 is 0 Å². The molecule has 2 nitrogen and oxygen atoms in total. The third-order valence-electron chi connectivity index (χ3n) is 5.08. The molecular formula is C24H29NO. The van der Waals surface area contributed by atoms with Crippen LogP contribution in [0.15, 0.2) is 67.3 Å². The summed E-state index contributed by atoms with van der Waals surface area (Å²) in [5, 5.41) is 0. The van der Waals surface area contributed by atoms with E-state index in [1.165, 1.54) is 16.7 Å². The van der Waals surface area contributed by atoms with Gasteiger partial charge in [-0.2, -0.15) is 0 Å². The summed E-state index contributed by atoms with van der Waals surface area (Å²) in [7, 11) is 0. The maximum Gasteiger partial charge on any atom is 0.223 e. The van der Waals surface area contributed by atoms with E-state index in [0.29, 0.717) is 6.42 Å².